The number of hydrogen-bond donors (Lipinski definition) is 1. The van der Waals surface area contributed by atoms with Gasteiger partial charge >= 0.3 is 0 Å². The number of hydrogen-bond acceptors (Lipinski definition) is 6. The van der Waals surface area contributed by atoms with E-state index >= 15 is 0 Å². The fourth-order valence-corrected chi connectivity index (χ4v) is 5.80. The molecule has 3 aliphatic rings. The summed E-state index contributed by atoms with van der Waals surface area (Å²) in [7, 11) is 0. The normalized spacial score (nSPS) is 33.6. The van der Waals surface area contributed by atoms with Crippen molar-refractivity contribution in [3.05, 3.63) is 10.0 Å². The van der Waals surface area contributed by atoms with Gasteiger partial charge in [0.15, 0.2) is 0 Å². The van der Waals surface area contributed by atoms with Gasteiger partial charge in [0.25, 0.3) is 0 Å². The monoisotopic (exact) mass is 378 g/mol. The van der Waals surface area contributed by atoms with Gasteiger partial charge in [0.2, 0.25) is 5.91 Å². The third-order valence-corrected chi connectivity index (χ3v) is 6.83. The fourth-order valence-electron chi connectivity index (χ4n) is 5.05. The molecule has 2 bridgehead atoms. The molecule has 4 rings (SSSR count). The summed E-state index contributed by atoms with van der Waals surface area (Å²) in [5.41, 5.74) is 0.0321. The molecule has 1 N–H and O–H groups in total. The minimum atomic E-state index is 0.00379. The molecule has 26 heavy (non-hydrogen) atoms. The van der Waals surface area contributed by atoms with Crippen LogP contribution in [-0.4, -0.2) is 52.3 Å². The molecule has 1 aromatic heterocycles. The molecule has 7 heteroatoms. The SMILES string of the molecule is Cc1nnc(CN2C[C@@H]3[C@H](CNC(=O)CC(C)(C)C)[C@H]4CC[C@]3(C2)O4)s1. The number of aryl methyl sites for hydroxylation is 1. The van der Waals surface area contributed by atoms with Crippen LogP contribution in [0.3, 0.4) is 0 Å². The number of rotatable bonds is 5. The highest BCUT2D eigenvalue weighted by molar-refractivity contribution is 7.11. The number of likely N-dealkylation sites (tertiary alicyclic amines) is 1. The van der Waals surface area contributed by atoms with E-state index in [-0.39, 0.29) is 16.9 Å². The molecule has 6 nitrogen and oxygen atoms in total. The number of ether oxygens (including phenoxy) is 1. The predicted molar refractivity (Wildman–Crippen MR) is 101 cm³/mol. The Morgan fingerprint density at radius 3 is 2.92 bits per heavy atom. The summed E-state index contributed by atoms with van der Waals surface area (Å²) in [5, 5.41) is 13.7. The van der Waals surface area contributed by atoms with E-state index in [0.717, 1.165) is 49.0 Å². The van der Waals surface area contributed by atoms with Crippen molar-refractivity contribution in [3.63, 3.8) is 0 Å². The van der Waals surface area contributed by atoms with Gasteiger partial charge in [-0.25, -0.2) is 0 Å². The van der Waals surface area contributed by atoms with Crippen LogP contribution in [0.1, 0.15) is 50.0 Å². The van der Waals surface area contributed by atoms with Crippen LogP contribution in [0.2, 0.25) is 0 Å². The van der Waals surface area contributed by atoms with E-state index in [2.05, 4.69) is 41.2 Å². The molecule has 0 radical (unpaired) electrons. The average Bonchev–Trinajstić information content (AvgIpc) is 3.24. The Hall–Kier alpha value is -1.05. The van der Waals surface area contributed by atoms with E-state index in [1.165, 1.54) is 0 Å². The number of carbonyl (C=O) groups excluding carboxylic acids is 1. The van der Waals surface area contributed by atoms with Crippen LogP contribution in [0.5, 0.6) is 0 Å². The molecular formula is C19H30N4O2S. The number of nitrogens with one attached hydrogen (secondary N) is 1. The number of carbonyl (C=O) groups is 1. The third kappa shape index (κ3) is 3.53. The Morgan fingerprint density at radius 2 is 2.23 bits per heavy atom. The predicted octanol–water partition coefficient (Wildman–Crippen LogP) is 2.38. The standard InChI is InChI=1S/C19H30N4O2S/c1-12-21-22-17(26-12)10-23-9-14-13(8-20-16(24)7-18(2,3)4)15-5-6-19(14,11-23)25-15/h13-15H,5-11H2,1-4H3,(H,20,24)/t13-,14+,15+,19+/m0/s1. The molecule has 3 fully saturated rings. The molecule has 4 atom stereocenters. The van der Waals surface area contributed by atoms with Crippen LogP contribution in [0.4, 0.5) is 0 Å². The van der Waals surface area contributed by atoms with Gasteiger partial charge in [-0.15, -0.1) is 21.5 Å². The van der Waals surface area contributed by atoms with Gasteiger partial charge in [-0.3, -0.25) is 9.69 Å². The highest BCUT2D eigenvalue weighted by atomic mass is 32.1. The van der Waals surface area contributed by atoms with Crippen molar-refractivity contribution in [3.8, 4) is 0 Å². The number of nitrogens with zero attached hydrogens (tertiary/aromatic N) is 3. The van der Waals surface area contributed by atoms with Crippen molar-refractivity contribution in [2.24, 2.45) is 17.3 Å². The lowest BCUT2D eigenvalue weighted by Gasteiger charge is -2.30. The van der Waals surface area contributed by atoms with Crippen molar-refractivity contribution in [2.45, 2.75) is 65.2 Å². The molecule has 1 aromatic rings. The van der Waals surface area contributed by atoms with Gasteiger partial charge in [0, 0.05) is 37.9 Å². The van der Waals surface area contributed by atoms with E-state index < -0.39 is 0 Å². The Labute approximate surface area is 159 Å². The molecule has 1 amide bonds. The topological polar surface area (TPSA) is 67.4 Å². The molecule has 4 heterocycles. The lowest BCUT2D eigenvalue weighted by atomic mass is 9.73. The minimum absolute atomic E-state index is 0.00379. The van der Waals surface area contributed by atoms with Crippen LogP contribution in [0.25, 0.3) is 0 Å². The first-order chi connectivity index (χ1) is 12.2. The quantitative estimate of drug-likeness (QED) is 0.852. The van der Waals surface area contributed by atoms with Crippen molar-refractivity contribution in [2.75, 3.05) is 19.6 Å². The molecule has 144 valence electrons. The maximum atomic E-state index is 12.2. The molecule has 0 aliphatic carbocycles. The van der Waals surface area contributed by atoms with Crippen molar-refractivity contribution >= 4 is 17.2 Å². The summed E-state index contributed by atoms with van der Waals surface area (Å²) in [5.74, 6) is 1.12. The second-order valence-electron chi connectivity index (χ2n) is 9.46. The molecular weight excluding hydrogens is 348 g/mol. The molecule has 1 spiro atoms. The van der Waals surface area contributed by atoms with Gasteiger partial charge < -0.3 is 10.1 Å². The molecule has 0 aromatic carbocycles. The maximum absolute atomic E-state index is 12.2. The highest BCUT2D eigenvalue weighted by Gasteiger charge is 2.62. The number of amides is 1. The Morgan fingerprint density at radius 1 is 1.42 bits per heavy atom. The van der Waals surface area contributed by atoms with Crippen LogP contribution in [0.15, 0.2) is 0 Å². The first kappa shape index (κ1) is 18.3. The third-order valence-electron chi connectivity index (χ3n) is 6.01. The van der Waals surface area contributed by atoms with Crippen molar-refractivity contribution in [1.29, 1.82) is 0 Å². The molecule has 3 aliphatic heterocycles. The van der Waals surface area contributed by atoms with E-state index in [1.54, 1.807) is 11.3 Å². The van der Waals surface area contributed by atoms with Crippen molar-refractivity contribution < 1.29 is 9.53 Å². The fraction of sp³-hybridized carbons (Fsp3) is 0.842. The summed E-state index contributed by atoms with van der Waals surface area (Å²) in [6, 6.07) is 0. The summed E-state index contributed by atoms with van der Waals surface area (Å²) in [6.07, 6.45) is 3.17. The van der Waals surface area contributed by atoms with Crippen LogP contribution >= 0.6 is 11.3 Å². The highest BCUT2D eigenvalue weighted by Crippen LogP contribution is 2.54. The van der Waals surface area contributed by atoms with Crippen LogP contribution in [-0.2, 0) is 16.1 Å². The zero-order valence-corrected chi connectivity index (χ0v) is 17.1. The van der Waals surface area contributed by atoms with E-state index in [0.29, 0.717) is 24.4 Å². The van der Waals surface area contributed by atoms with E-state index in [9.17, 15) is 4.79 Å². The van der Waals surface area contributed by atoms with Gasteiger partial charge in [-0.05, 0) is 25.2 Å². The van der Waals surface area contributed by atoms with Gasteiger partial charge in [0.1, 0.15) is 10.0 Å². The zero-order chi connectivity index (χ0) is 18.5. The lowest BCUT2D eigenvalue weighted by Crippen LogP contribution is -2.42. The maximum Gasteiger partial charge on any atom is 0.220 e. The first-order valence-electron chi connectivity index (χ1n) is 9.70. The van der Waals surface area contributed by atoms with E-state index in [1.807, 2.05) is 6.92 Å². The van der Waals surface area contributed by atoms with Gasteiger partial charge in [-0.2, -0.15) is 0 Å². The average molecular weight is 379 g/mol. The lowest BCUT2D eigenvalue weighted by molar-refractivity contribution is -0.123. The van der Waals surface area contributed by atoms with Crippen LogP contribution < -0.4 is 5.32 Å². The first-order valence-corrected chi connectivity index (χ1v) is 10.5. The van der Waals surface area contributed by atoms with Crippen molar-refractivity contribution in [1.82, 2.24) is 20.4 Å². The summed E-state index contributed by atoms with van der Waals surface area (Å²) < 4.78 is 6.48. The Bertz CT molecular complexity index is 685. The smallest absolute Gasteiger partial charge is 0.220 e. The molecule has 0 unspecified atom stereocenters. The van der Waals surface area contributed by atoms with Gasteiger partial charge in [-0.1, -0.05) is 20.8 Å². The second-order valence-corrected chi connectivity index (χ2v) is 10.7. The summed E-state index contributed by atoms with van der Waals surface area (Å²) in [4.78, 5) is 14.7. The summed E-state index contributed by atoms with van der Waals surface area (Å²) >= 11 is 1.68. The largest absolute Gasteiger partial charge is 0.370 e. The van der Waals surface area contributed by atoms with E-state index in [4.69, 9.17) is 4.74 Å². The molecule has 3 saturated heterocycles. The minimum Gasteiger partial charge on any atom is -0.370 e. The summed E-state index contributed by atoms with van der Waals surface area (Å²) in [6.45, 7) is 11.9. The van der Waals surface area contributed by atoms with Gasteiger partial charge in [0.05, 0.1) is 18.2 Å². The Kier molecular flexibility index (Phi) is 4.60. The Balaban J connectivity index is 1.37. The zero-order valence-electron chi connectivity index (χ0n) is 16.2. The second kappa shape index (κ2) is 6.53. The molecule has 0 saturated carbocycles. The number of aromatic nitrogens is 2. The number of fused-ring (bicyclic) bond motifs is 1. The van der Waals surface area contributed by atoms with Crippen LogP contribution in [0, 0.1) is 24.2 Å².